The Labute approximate surface area is 166 Å². The third kappa shape index (κ3) is 5.38. The lowest BCUT2D eigenvalue weighted by atomic mass is 10.1. The number of aromatic nitrogens is 3. The number of nitrogens with one attached hydrogen (secondary N) is 1. The Bertz CT molecular complexity index is 1030. The first-order chi connectivity index (χ1) is 13.7. The van der Waals surface area contributed by atoms with Gasteiger partial charge in [0.2, 0.25) is 5.88 Å². The summed E-state index contributed by atoms with van der Waals surface area (Å²) in [7, 11) is 0. The van der Waals surface area contributed by atoms with E-state index in [1.54, 1.807) is 0 Å². The summed E-state index contributed by atoms with van der Waals surface area (Å²) >= 11 is 5.73. The van der Waals surface area contributed by atoms with Crippen molar-refractivity contribution in [3.63, 3.8) is 0 Å². The summed E-state index contributed by atoms with van der Waals surface area (Å²) < 4.78 is 56.7. The summed E-state index contributed by atoms with van der Waals surface area (Å²) in [5.41, 5.74) is 0.0513. The van der Waals surface area contributed by atoms with Crippen LogP contribution < -0.4 is 10.1 Å². The monoisotopic (exact) mass is 426 g/mol. The van der Waals surface area contributed by atoms with Crippen LogP contribution in [0.2, 0.25) is 5.02 Å². The Morgan fingerprint density at radius 1 is 1.10 bits per heavy atom. The fraction of sp³-hybridized carbons (Fsp3) is 0.111. The normalized spacial score (nSPS) is 11.2. The van der Waals surface area contributed by atoms with Crippen molar-refractivity contribution < 1.29 is 27.1 Å². The second kappa shape index (κ2) is 8.39. The quantitative estimate of drug-likeness (QED) is 0.607. The average molecular weight is 427 g/mol. The predicted octanol–water partition coefficient (Wildman–Crippen LogP) is 4.52. The predicted molar refractivity (Wildman–Crippen MR) is 96.2 cm³/mol. The minimum Gasteiger partial charge on any atom is -0.468 e. The first-order valence-corrected chi connectivity index (χ1v) is 8.32. The first-order valence-electron chi connectivity index (χ1n) is 7.94. The van der Waals surface area contributed by atoms with Crippen molar-refractivity contribution in [3.8, 4) is 17.0 Å². The van der Waals surface area contributed by atoms with Gasteiger partial charge in [-0.25, -0.2) is 19.3 Å². The summed E-state index contributed by atoms with van der Waals surface area (Å²) in [5, 5.41) is 2.59. The third-order valence-electron chi connectivity index (χ3n) is 3.53. The van der Waals surface area contributed by atoms with E-state index in [0.29, 0.717) is 0 Å². The molecular weight excluding hydrogens is 416 g/mol. The van der Waals surface area contributed by atoms with Gasteiger partial charge in [0.15, 0.2) is 6.61 Å². The van der Waals surface area contributed by atoms with Crippen LogP contribution in [0.25, 0.3) is 11.1 Å². The zero-order valence-electron chi connectivity index (χ0n) is 14.4. The number of carbonyl (C=O) groups is 1. The molecule has 0 bridgehead atoms. The van der Waals surface area contributed by atoms with Crippen LogP contribution in [0.4, 0.5) is 23.2 Å². The highest BCUT2D eigenvalue weighted by molar-refractivity contribution is 6.30. The van der Waals surface area contributed by atoms with Crippen molar-refractivity contribution >= 4 is 23.2 Å². The van der Waals surface area contributed by atoms with E-state index in [-0.39, 0.29) is 27.4 Å². The molecule has 0 radical (unpaired) electrons. The zero-order chi connectivity index (χ0) is 21.0. The van der Waals surface area contributed by atoms with Crippen molar-refractivity contribution in [1.29, 1.82) is 0 Å². The van der Waals surface area contributed by atoms with Gasteiger partial charge in [0.25, 0.3) is 5.91 Å². The fourth-order valence-corrected chi connectivity index (χ4v) is 2.47. The minimum atomic E-state index is -4.61. The van der Waals surface area contributed by atoms with Crippen LogP contribution in [-0.2, 0) is 0 Å². The number of amides is 1. The Morgan fingerprint density at radius 3 is 2.48 bits per heavy atom. The Morgan fingerprint density at radius 2 is 1.83 bits per heavy atom. The van der Waals surface area contributed by atoms with Crippen molar-refractivity contribution in [2.24, 2.45) is 0 Å². The van der Waals surface area contributed by atoms with Crippen LogP contribution in [0, 0.1) is 5.82 Å². The van der Waals surface area contributed by atoms with E-state index in [1.165, 1.54) is 36.9 Å². The van der Waals surface area contributed by atoms with Crippen molar-refractivity contribution in [3.05, 3.63) is 65.6 Å². The molecule has 6 nitrogen and oxygen atoms in total. The van der Waals surface area contributed by atoms with Gasteiger partial charge in [-0.1, -0.05) is 11.6 Å². The molecule has 3 rings (SSSR count). The van der Waals surface area contributed by atoms with Crippen LogP contribution in [0.5, 0.6) is 5.88 Å². The van der Waals surface area contributed by atoms with Crippen LogP contribution in [0.15, 0.2) is 49.2 Å². The molecule has 1 N–H and O–H groups in total. The lowest BCUT2D eigenvalue weighted by molar-refractivity contribution is -0.154. The zero-order valence-corrected chi connectivity index (χ0v) is 15.1. The Balaban J connectivity index is 1.97. The van der Waals surface area contributed by atoms with Gasteiger partial charge in [-0.2, -0.15) is 13.2 Å². The van der Waals surface area contributed by atoms with Crippen LogP contribution in [0.3, 0.4) is 0 Å². The van der Waals surface area contributed by atoms with Crippen LogP contribution >= 0.6 is 11.6 Å². The van der Waals surface area contributed by atoms with Crippen molar-refractivity contribution in [2.75, 3.05) is 11.9 Å². The molecule has 3 aromatic rings. The van der Waals surface area contributed by atoms with Gasteiger partial charge >= 0.3 is 6.18 Å². The summed E-state index contributed by atoms with van der Waals surface area (Å²) in [5.74, 6) is -1.83. The second-order valence-corrected chi connectivity index (χ2v) is 6.12. The molecular formula is C18H11ClF4N4O2. The highest BCUT2D eigenvalue weighted by Gasteiger charge is 2.29. The molecule has 0 atom stereocenters. The maximum Gasteiger partial charge on any atom is 0.422 e. The molecule has 0 aliphatic carbocycles. The number of alkyl halides is 3. The number of benzene rings is 1. The smallest absolute Gasteiger partial charge is 0.422 e. The number of nitrogens with zero attached hydrogens (tertiary/aromatic N) is 3. The van der Waals surface area contributed by atoms with Crippen LogP contribution in [-0.4, -0.2) is 33.6 Å². The lowest BCUT2D eigenvalue weighted by Gasteiger charge is -2.14. The van der Waals surface area contributed by atoms with Gasteiger partial charge in [-0.05, 0) is 24.3 Å². The molecule has 0 saturated heterocycles. The van der Waals surface area contributed by atoms with Gasteiger partial charge in [-0.3, -0.25) is 4.79 Å². The summed E-state index contributed by atoms with van der Waals surface area (Å²) in [6, 6.07) is 4.87. The maximum atomic E-state index is 14.4. The highest BCUT2D eigenvalue weighted by atomic mass is 35.5. The molecule has 0 spiro atoms. The summed E-state index contributed by atoms with van der Waals surface area (Å²) in [4.78, 5) is 23.5. The van der Waals surface area contributed by atoms with E-state index in [1.807, 2.05) is 0 Å². The van der Waals surface area contributed by atoms with Crippen molar-refractivity contribution in [1.82, 2.24) is 15.0 Å². The SMILES string of the molecule is O=C(Nc1cnc(OCC(F)(F)F)c(-c2ccc(Cl)cc2F)c1)c1cncnc1. The maximum absolute atomic E-state index is 14.4. The first kappa shape index (κ1) is 20.5. The third-order valence-corrected chi connectivity index (χ3v) is 3.76. The minimum absolute atomic E-state index is 0.0921. The Kier molecular flexibility index (Phi) is 5.92. The number of rotatable bonds is 5. The molecule has 0 unspecified atom stereocenters. The van der Waals surface area contributed by atoms with E-state index in [9.17, 15) is 22.4 Å². The number of pyridine rings is 1. The number of ether oxygens (including phenoxy) is 1. The van der Waals surface area contributed by atoms with Gasteiger partial charge in [0.1, 0.15) is 12.1 Å². The molecule has 29 heavy (non-hydrogen) atoms. The second-order valence-electron chi connectivity index (χ2n) is 5.69. The number of anilines is 1. The van der Waals surface area contributed by atoms with E-state index in [0.717, 1.165) is 12.3 Å². The lowest BCUT2D eigenvalue weighted by Crippen LogP contribution is -2.20. The van der Waals surface area contributed by atoms with E-state index < -0.39 is 30.4 Å². The number of hydrogen-bond acceptors (Lipinski definition) is 5. The molecule has 0 fully saturated rings. The molecule has 1 aromatic carbocycles. The van der Waals surface area contributed by atoms with Gasteiger partial charge in [0.05, 0.1) is 17.4 Å². The fourth-order valence-electron chi connectivity index (χ4n) is 2.31. The molecule has 0 saturated carbocycles. The van der Waals surface area contributed by atoms with Crippen LogP contribution in [0.1, 0.15) is 10.4 Å². The number of halogens is 5. The van der Waals surface area contributed by atoms with Gasteiger partial charge in [-0.15, -0.1) is 0 Å². The summed E-state index contributed by atoms with van der Waals surface area (Å²) in [6.45, 7) is -1.62. The Hall–Kier alpha value is -3.27. The van der Waals surface area contributed by atoms with Gasteiger partial charge in [0, 0.05) is 28.5 Å². The largest absolute Gasteiger partial charge is 0.468 e. The highest BCUT2D eigenvalue weighted by Crippen LogP contribution is 2.34. The van der Waals surface area contributed by atoms with E-state index in [2.05, 4.69) is 20.3 Å². The van der Waals surface area contributed by atoms with E-state index in [4.69, 9.17) is 16.3 Å². The molecule has 150 valence electrons. The van der Waals surface area contributed by atoms with Gasteiger partial charge < -0.3 is 10.1 Å². The van der Waals surface area contributed by atoms with E-state index >= 15 is 0 Å². The molecule has 1 amide bonds. The number of carbonyl (C=O) groups excluding carboxylic acids is 1. The number of hydrogen-bond donors (Lipinski definition) is 1. The standard InChI is InChI=1S/C18H11ClF4N4O2/c19-11-1-2-13(15(20)3-11)14-4-12(7-26-17(14)29-8-18(21,22)23)27-16(28)10-5-24-9-25-6-10/h1-7,9H,8H2,(H,27,28). The average Bonchev–Trinajstić information content (AvgIpc) is 2.67. The summed E-state index contributed by atoms with van der Waals surface area (Å²) in [6.07, 6.45) is 0.266. The molecule has 2 aromatic heterocycles. The molecule has 0 aliphatic rings. The molecule has 0 aliphatic heterocycles. The topological polar surface area (TPSA) is 77.0 Å². The molecule has 11 heteroatoms. The van der Waals surface area contributed by atoms with Crippen molar-refractivity contribution in [2.45, 2.75) is 6.18 Å². The molecule has 2 heterocycles.